The Kier molecular flexibility index (Phi) is 137. The van der Waals surface area contributed by atoms with E-state index in [1.165, 1.54) is 39.2 Å². The molecule has 2 nitrogen and oxygen atoms in total. The number of nitrogens with two attached hydrogens (primary N) is 1. The minimum absolute atomic E-state index is 0. The van der Waals surface area contributed by atoms with Crippen molar-refractivity contribution in [3.63, 3.8) is 0 Å². The van der Waals surface area contributed by atoms with Crippen LogP contribution in [0, 0.1) is 5.92 Å². The van der Waals surface area contributed by atoms with Crippen LogP contribution in [0.3, 0.4) is 0 Å². The Labute approximate surface area is 120 Å². The molecule has 18 heavy (non-hydrogen) atoms. The highest BCUT2D eigenvalue weighted by Crippen LogP contribution is 2.06. The molecule has 0 aromatic rings. The standard InChI is InChI=1S/C8H18.C3H8.2C2H6.CH5N.H3N/c1-4-5-6-7-8(2)3;1-3-2;3*1-2;/h8H,4-7H2,1-3H3;3H2,1-2H3;2*1-2H3;2H2,1H3;1H3. The van der Waals surface area contributed by atoms with Crippen LogP contribution in [-0.2, 0) is 0 Å². The Bertz CT molecular complexity index is 55.1. The molecule has 0 aliphatic carbocycles. The lowest BCUT2D eigenvalue weighted by molar-refractivity contribution is 0.534. The van der Waals surface area contributed by atoms with Crippen LogP contribution in [0.4, 0.5) is 0 Å². The monoisotopic (exact) mass is 266 g/mol. The fourth-order valence-electron chi connectivity index (χ4n) is 0.803. The fourth-order valence-corrected chi connectivity index (χ4v) is 0.803. The molecule has 5 N–H and O–H groups in total. The van der Waals surface area contributed by atoms with Crippen LogP contribution in [-0.4, -0.2) is 7.05 Å². The zero-order chi connectivity index (χ0) is 15.1. The smallest absolute Gasteiger partial charge is 0.0195 e. The quantitative estimate of drug-likeness (QED) is 0.576. The van der Waals surface area contributed by atoms with Gasteiger partial charge in [-0.2, -0.15) is 0 Å². The first-order chi connectivity index (χ1) is 8.18. The van der Waals surface area contributed by atoms with Crippen LogP contribution >= 0.6 is 0 Å². The Hall–Kier alpha value is -0.0800. The van der Waals surface area contributed by atoms with Crippen molar-refractivity contribution in [3.05, 3.63) is 0 Å². The minimum atomic E-state index is 0. The molecule has 0 amide bonds. The third kappa shape index (κ3) is 146. The molecular formula is C16H46N2. The molecule has 0 rings (SSSR count). The summed E-state index contributed by atoms with van der Waals surface area (Å²) in [6.07, 6.45) is 6.85. The molecule has 120 valence electrons. The van der Waals surface area contributed by atoms with Crippen LogP contribution in [0.1, 0.15) is 94.4 Å². The van der Waals surface area contributed by atoms with E-state index in [9.17, 15) is 0 Å². The van der Waals surface area contributed by atoms with Crippen LogP contribution in [0.25, 0.3) is 0 Å². The van der Waals surface area contributed by atoms with Gasteiger partial charge >= 0.3 is 0 Å². The van der Waals surface area contributed by atoms with Gasteiger partial charge in [-0.25, -0.2) is 0 Å². The molecular weight excluding hydrogens is 220 g/mol. The van der Waals surface area contributed by atoms with Gasteiger partial charge in [0.25, 0.3) is 0 Å². The fraction of sp³-hybridized carbons (Fsp3) is 1.00. The SMILES string of the molecule is CC.CC.CCC.CCCCCC(C)C.CN.N. The molecule has 0 saturated heterocycles. The van der Waals surface area contributed by atoms with Gasteiger partial charge in [-0.1, -0.05) is 94.4 Å². The van der Waals surface area contributed by atoms with Crippen LogP contribution < -0.4 is 11.9 Å². The van der Waals surface area contributed by atoms with Gasteiger partial charge in [-0.3, -0.25) is 0 Å². The molecule has 0 atom stereocenters. The largest absolute Gasteiger partial charge is 0.344 e. The summed E-state index contributed by atoms with van der Waals surface area (Å²) in [4.78, 5) is 0. The van der Waals surface area contributed by atoms with Gasteiger partial charge in [0.05, 0.1) is 0 Å². The van der Waals surface area contributed by atoms with Crippen molar-refractivity contribution >= 4 is 0 Å². The Morgan fingerprint density at radius 1 is 0.778 bits per heavy atom. The molecule has 0 radical (unpaired) electrons. The van der Waals surface area contributed by atoms with Crippen molar-refractivity contribution in [3.8, 4) is 0 Å². The topological polar surface area (TPSA) is 61.0 Å². The van der Waals surface area contributed by atoms with E-state index < -0.39 is 0 Å². The van der Waals surface area contributed by atoms with E-state index in [1.807, 2.05) is 27.7 Å². The lowest BCUT2D eigenvalue weighted by atomic mass is 10.1. The lowest BCUT2D eigenvalue weighted by Crippen LogP contribution is -1.85. The third-order valence-electron chi connectivity index (χ3n) is 1.39. The first-order valence-electron chi connectivity index (χ1n) is 7.76. The van der Waals surface area contributed by atoms with E-state index in [0.29, 0.717) is 0 Å². The summed E-state index contributed by atoms with van der Waals surface area (Å²) in [6, 6.07) is 0. The molecule has 2 heteroatoms. The summed E-state index contributed by atoms with van der Waals surface area (Å²) in [7, 11) is 1.50. The van der Waals surface area contributed by atoms with Crippen molar-refractivity contribution in [1.29, 1.82) is 0 Å². The van der Waals surface area contributed by atoms with E-state index in [4.69, 9.17) is 0 Å². The summed E-state index contributed by atoms with van der Waals surface area (Å²) in [5, 5.41) is 0. The van der Waals surface area contributed by atoms with Crippen molar-refractivity contribution in [2.75, 3.05) is 7.05 Å². The summed E-state index contributed by atoms with van der Waals surface area (Å²) in [5.74, 6) is 0.904. The predicted molar refractivity (Wildman–Crippen MR) is 92.8 cm³/mol. The Morgan fingerprint density at radius 3 is 1.22 bits per heavy atom. The van der Waals surface area contributed by atoms with Crippen molar-refractivity contribution in [1.82, 2.24) is 6.15 Å². The number of hydrogen-bond donors (Lipinski definition) is 2. The minimum Gasteiger partial charge on any atom is -0.344 e. The molecule has 0 unspecified atom stereocenters. The third-order valence-corrected chi connectivity index (χ3v) is 1.39. The van der Waals surface area contributed by atoms with Crippen molar-refractivity contribution in [2.45, 2.75) is 94.4 Å². The Balaban J connectivity index is -0.0000000306. The average Bonchev–Trinajstić information content (AvgIpc) is 2.38. The molecule has 0 aromatic heterocycles. The van der Waals surface area contributed by atoms with E-state index in [2.05, 4.69) is 40.4 Å². The second-order valence-electron chi connectivity index (χ2n) is 3.60. The van der Waals surface area contributed by atoms with Crippen LogP contribution in [0.5, 0.6) is 0 Å². The second-order valence-corrected chi connectivity index (χ2v) is 3.60. The summed E-state index contributed by atoms with van der Waals surface area (Å²) in [5.41, 5.74) is 4.50. The molecule has 0 bridgehead atoms. The molecule has 0 aliphatic rings. The van der Waals surface area contributed by atoms with Crippen molar-refractivity contribution < 1.29 is 0 Å². The molecule has 0 fully saturated rings. The zero-order valence-electron chi connectivity index (χ0n) is 15.4. The van der Waals surface area contributed by atoms with E-state index in [0.717, 1.165) is 5.92 Å². The first-order valence-corrected chi connectivity index (χ1v) is 7.76. The molecule has 0 heterocycles. The van der Waals surface area contributed by atoms with Gasteiger partial charge in [0.1, 0.15) is 0 Å². The Morgan fingerprint density at radius 2 is 1.06 bits per heavy atom. The maximum atomic E-state index is 4.50. The van der Waals surface area contributed by atoms with Gasteiger partial charge in [-0.05, 0) is 13.0 Å². The van der Waals surface area contributed by atoms with Gasteiger partial charge in [0.2, 0.25) is 0 Å². The zero-order valence-corrected chi connectivity index (χ0v) is 15.4. The first kappa shape index (κ1) is 36.1. The predicted octanol–water partition coefficient (Wildman–Crippen LogP) is 6.43. The van der Waals surface area contributed by atoms with E-state index >= 15 is 0 Å². The second kappa shape index (κ2) is 68.4. The molecule has 0 aromatic carbocycles. The van der Waals surface area contributed by atoms with Crippen molar-refractivity contribution in [2.24, 2.45) is 11.7 Å². The normalized spacial score (nSPS) is 6.67. The number of unbranched alkanes of at least 4 members (excludes halogenated alkanes) is 2. The van der Waals surface area contributed by atoms with E-state index in [-0.39, 0.29) is 6.15 Å². The van der Waals surface area contributed by atoms with Gasteiger partial charge in [0, 0.05) is 0 Å². The average molecular weight is 267 g/mol. The van der Waals surface area contributed by atoms with Gasteiger partial charge in [0.15, 0.2) is 0 Å². The number of rotatable bonds is 4. The van der Waals surface area contributed by atoms with E-state index in [1.54, 1.807) is 0 Å². The molecule has 0 spiro atoms. The maximum Gasteiger partial charge on any atom is -0.0195 e. The summed E-state index contributed by atoms with van der Waals surface area (Å²) in [6.45, 7) is 19.1. The highest BCUT2D eigenvalue weighted by Gasteiger charge is 1.90. The number of hydrogen-bond acceptors (Lipinski definition) is 2. The van der Waals surface area contributed by atoms with Crippen LogP contribution in [0.15, 0.2) is 0 Å². The highest BCUT2D eigenvalue weighted by molar-refractivity contribution is 4.44. The van der Waals surface area contributed by atoms with Gasteiger partial charge < -0.3 is 11.9 Å². The molecule has 0 aliphatic heterocycles. The molecule has 0 saturated carbocycles. The van der Waals surface area contributed by atoms with Gasteiger partial charge in [-0.15, -0.1) is 0 Å². The lowest BCUT2D eigenvalue weighted by Gasteiger charge is -2.00. The maximum absolute atomic E-state index is 4.50. The highest BCUT2D eigenvalue weighted by atomic mass is 14.4. The summed E-state index contributed by atoms with van der Waals surface area (Å²) >= 11 is 0. The summed E-state index contributed by atoms with van der Waals surface area (Å²) < 4.78 is 0. The van der Waals surface area contributed by atoms with Crippen LogP contribution in [0.2, 0.25) is 0 Å².